The highest BCUT2D eigenvalue weighted by atomic mass is 16.2. The van der Waals surface area contributed by atoms with Crippen LogP contribution in [0.15, 0.2) is 54.6 Å². The molecule has 1 saturated heterocycles. The molecule has 6 amide bonds. The maximum Gasteiger partial charge on any atom is 0.253 e. The lowest BCUT2D eigenvalue weighted by Crippen LogP contribution is -2.54. The van der Waals surface area contributed by atoms with E-state index in [2.05, 4.69) is 31.3 Å². The Balaban J connectivity index is 1.38. The number of hydrogen-bond donors (Lipinski definition) is 4. The number of carbonyl (C=O) groups is 6. The number of aromatic nitrogens is 3. The van der Waals surface area contributed by atoms with Crippen molar-refractivity contribution in [2.24, 2.45) is 5.92 Å². The zero-order valence-electron chi connectivity index (χ0n) is 30.8. The van der Waals surface area contributed by atoms with Gasteiger partial charge in [0.1, 0.15) is 24.5 Å². The number of fused-ring (bicyclic) bond motifs is 1. The fourth-order valence-electron chi connectivity index (χ4n) is 6.49. The lowest BCUT2D eigenvalue weighted by Gasteiger charge is -2.27. The SMILES string of the molecule is Cc1nc2n(n1)CC(=O)NCCN(C(=O)c1ccc(N3CCCC3=O)cc1)CCCC(=O)N[C@@H](C)C(=O)N[C@H](Cc1ccccc1)C(=O)N[C@H]2C(C)C. The third-order valence-corrected chi connectivity index (χ3v) is 9.35. The van der Waals surface area contributed by atoms with Crippen molar-refractivity contribution in [3.8, 4) is 0 Å². The van der Waals surface area contributed by atoms with E-state index >= 15 is 0 Å². The molecule has 0 bridgehead atoms. The van der Waals surface area contributed by atoms with E-state index in [9.17, 15) is 28.8 Å². The Hall–Kier alpha value is -5.60. The molecular formula is C38H49N9O6. The lowest BCUT2D eigenvalue weighted by atomic mass is 10.0. The van der Waals surface area contributed by atoms with Crippen LogP contribution in [0.5, 0.6) is 0 Å². The van der Waals surface area contributed by atoms with E-state index in [1.807, 2.05) is 44.2 Å². The van der Waals surface area contributed by atoms with Crippen LogP contribution < -0.4 is 26.2 Å². The average molecular weight is 728 g/mol. The van der Waals surface area contributed by atoms with Crippen molar-refractivity contribution < 1.29 is 28.8 Å². The quantitative estimate of drug-likeness (QED) is 0.306. The maximum atomic E-state index is 13.9. The van der Waals surface area contributed by atoms with Crippen LogP contribution in [0.4, 0.5) is 5.69 Å². The minimum Gasteiger partial charge on any atom is -0.353 e. The van der Waals surface area contributed by atoms with Gasteiger partial charge in [-0.3, -0.25) is 28.8 Å². The van der Waals surface area contributed by atoms with Crippen molar-refractivity contribution >= 4 is 41.1 Å². The van der Waals surface area contributed by atoms with Gasteiger partial charge in [-0.05, 0) is 62.4 Å². The summed E-state index contributed by atoms with van der Waals surface area (Å²) in [5.74, 6) is -1.34. The largest absolute Gasteiger partial charge is 0.353 e. The van der Waals surface area contributed by atoms with Gasteiger partial charge in [-0.15, -0.1) is 0 Å². The van der Waals surface area contributed by atoms with Crippen molar-refractivity contribution in [2.45, 2.75) is 84.5 Å². The summed E-state index contributed by atoms with van der Waals surface area (Å²) in [6.45, 7) is 8.02. The first-order valence-corrected chi connectivity index (χ1v) is 18.2. The second kappa shape index (κ2) is 17.8. The van der Waals surface area contributed by atoms with Gasteiger partial charge in [0, 0.05) is 56.7 Å². The molecule has 3 heterocycles. The Labute approximate surface area is 309 Å². The van der Waals surface area contributed by atoms with Gasteiger partial charge in [0.05, 0.1) is 6.04 Å². The first kappa shape index (κ1) is 38.6. The normalized spacial score (nSPS) is 21.4. The molecule has 2 aromatic carbocycles. The molecule has 3 aromatic rings. The number of rotatable bonds is 5. The summed E-state index contributed by atoms with van der Waals surface area (Å²) in [6.07, 6.45) is 1.80. The topological polar surface area (TPSA) is 188 Å². The van der Waals surface area contributed by atoms with Crippen LogP contribution in [0.25, 0.3) is 0 Å². The molecule has 2 aliphatic rings. The number of amides is 6. The predicted molar refractivity (Wildman–Crippen MR) is 196 cm³/mol. The number of hydrogen-bond acceptors (Lipinski definition) is 8. The molecule has 4 N–H and O–H groups in total. The summed E-state index contributed by atoms with van der Waals surface area (Å²) >= 11 is 0. The summed E-state index contributed by atoms with van der Waals surface area (Å²) < 4.78 is 1.46. The number of anilines is 1. The molecule has 282 valence electrons. The second-order valence-corrected chi connectivity index (χ2v) is 13.9. The monoisotopic (exact) mass is 727 g/mol. The van der Waals surface area contributed by atoms with E-state index in [1.165, 1.54) is 4.68 Å². The Morgan fingerprint density at radius 2 is 1.57 bits per heavy atom. The number of benzene rings is 2. The van der Waals surface area contributed by atoms with Crippen molar-refractivity contribution in [3.05, 3.63) is 77.4 Å². The van der Waals surface area contributed by atoms with Crippen LogP contribution in [0.1, 0.15) is 80.1 Å². The van der Waals surface area contributed by atoms with E-state index in [1.54, 1.807) is 47.9 Å². The molecule has 1 fully saturated rings. The molecule has 0 aliphatic carbocycles. The highest BCUT2D eigenvalue weighted by Crippen LogP contribution is 2.23. The van der Waals surface area contributed by atoms with Gasteiger partial charge in [0.15, 0.2) is 5.82 Å². The van der Waals surface area contributed by atoms with Gasteiger partial charge in [0.2, 0.25) is 29.5 Å². The molecule has 1 aromatic heterocycles. The molecule has 0 radical (unpaired) electrons. The van der Waals surface area contributed by atoms with Crippen LogP contribution in [0.2, 0.25) is 0 Å². The molecule has 3 atom stereocenters. The number of aryl methyl sites for hydroxylation is 1. The fraction of sp³-hybridized carbons (Fsp3) is 0.474. The number of nitrogens with one attached hydrogen (secondary N) is 4. The molecule has 0 spiro atoms. The zero-order valence-corrected chi connectivity index (χ0v) is 30.8. The number of nitrogens with zero attached hydrogens (tertiary/aromatic N) is 5. The van der Waals surface area contributed by atoms with Gasteiger partial charge in [-0.1, -0.05) is 44.2 Å². The summed E-state index contributed by atoms with van der Waals surface area (Å²) in [5.41, 5.74) is 1.96. The molecule has 53 heavy (non-hydrogen) atoms. The lowest BCUT2D eigenvalue weighted by molar-refractivity contribution is -0.132. The van der Waals surface area contributed by atoms with Crippen LogP contribution in [-0.4, -0.2) is 93.4 Å². The molecule has 15 heteroatoms. The first-order chi connectivity index (χ1) is 25.4. The molecule has 0 saturated carbocycles. The van der Waals surface area contributed by atoms with Crippen LogP contribution >= 0.6 is 0 Å². The Morgan fingerprint density at radius 1 is 0.849 bits per heavy atom. The third-order valence-electron chi connectivity index (χ3n) is 9.35. The standard InChI is InChI=1S/C38H49N9O6/c1-24(2)34-35-41-26(4)44-47(35)23-32(49)39-18-21-45(38(53)28-14-16-29(17-15-28)46-20-9-13-33(46)50)19-8-12-31(48)40-25(3)36(51)42-30(37(52)43-34)22-27-10-6-5-7-11-27/h5-7,10-11,14-17,24-25,30,34H,8-9,12-13,18-23H2,1-4H3,(H,39,49)(H,40,48)(H,42,51)(H,43,52)/t25-,30+,34-/m0/s1. The number of carbonyl (C=O) groups excluding carboxylic acids is 6. The maximum absolute atomic E-state index is 13.9. The average Bonchev–Trinajstić information content (AvgIpc) is 3.72. The predicted octanol–water partition coefficient (Wildman–Crippen LogP) is 1.81. The summed E-state index contributed by atoms with van der Waals surface area (Å²) in [6, 6.07) is 13.5. The van der Waals surface area contributed by atoms with Gasteiger partial charge in [0.25, 0.3) is 5.91 Å². The molecule has 5 rings (SSSR count). The van der Waals surface area contributed by atoms with Crippen molar-refractivity contribution in [2.75, 3.05) is 31.1 Å². The molecular weight excluding hydrogens is 678 g/mol. The highest BCUT2D eigenvalue weighted by Gasteiger charge is 2.31. The van der Waals surface area contributed by atoms with E-state index in [-0.39, 0.29) is 75.0 Å². The summed E-state index contributed by atoms with van der Waals surface area (Å²) in [4.78, 5) is 87.3. The van der Waals surface area contributed by atoms with E-state index < -0.39 is 29.9 Å². The fourth-order valence-corrected chi connectivity index (χ4v) is 6.49. The van der Waals surface area contributed by atoms with Crippen LogP contribution in [0.3, 0.4) is 0 Å². The third kappa shape index (κ3) is 10.3. The van der Waals surface area contributed by atoms with Gasteiger partial charge in [-0.25, -0.2) is 9.67 Å². The van der Waals surface area contributed by atoms with Gasteiger partial charge in [-0.2, -0.15) is 5.10 Å². The Morgan fingerprint density at radius 3 is 2.25 bits per heavy atom. The smallest absolute Gasteiger partial charge is 0.253 e. The van der Waals surface area contributed by atoms with E-state index in [0.29, 0.717) is 30.2 Å². The minimum absolute atomic E-state index is 0.0300. The van der Waals surface area contributed by atoms with Crippen molar-refractivity contribution in [1.82, 2.24) is 40.9 Å². The highest BCUT2D eigenvalue weighted by molar-refractivity contribution is 5.98. The molecule has 15 nitrogen and oxygen atoms in total. The minimum atomic E-state index is -0.985. The molecule has 2 aliphatic heterocycles. The van der Waals surface area contributed by atoms with Gasteiger partial charge < -0.3 is 31.1 Å². The summed E-state index contributed by atoms with van der Waals surface area (Å²) in [5, 5.41) is 15.9. The van der Waals surface area contributed by atoms with E-state index in [0.717, 1.165) is 17.7 Å². The first-order valence-electron chi connectivity index (χ1n) is 18.2. The summed E-state index contributed by atoms with van der Waals surface area (Å²) in [7, 11) is 0. The second-order valence-electron chi connectivity index (χ2n) is 13.9. The Bertz CT molecular complexity index is 1790. The van der Waals surface area contributed by atoms with Crippen molar-refractivity contribution in [3.63, 3.8) is 0 Å². The molecule has 0 unspecified atom stereocenters. The van der Waals surface area contributed by atoms with E-state index in [4.69, 9.17) is 0 Å². The van der Waals surface area contributed by atoms with Crippen LogP contribution in [0, 0.1) is 12.8 Å². The van der Waals surface area contributed by atoms with Crippen LogP contribution in [-0.2, 0) is 36.9 Å². The Kier molecular flexibility index (Phi) is 12.9. The zero-order chi connectivity index (χ0) is 38.1. The van der Waals surface area contributed by atoms with Gasteiger partial charge >= 0.3 is 0 Å². The van der Waals surface area contributed by atoms with Crippen molar-refractivity contribution in [1.29, 1.82) is 0 Å².